The lowest BCUT2D eigenvalue weighted by Crippen LogP contribution is -1.83. The Morgan fingerprint density at radius 3 is 2.71 bits per heavy atom. The summed E-state index contributed by atoms with van der Waals surface area (Å²) in [5.41, 5.74) is 2.37. The number of hydrogen-bond acceptors (Lipinski definition) is 3. The Morgan fingerprint density at radius 1 is 1.14 bits per heavy atom. The number of aromatic nitrogens is 2. The second-order valence-corrected chi connectivity index (χ2v) is 2.65. The van der Waals surface area contributed by atoms with Crippen LogP contribution < -0.4 is 0 Å². The van der Waals surface area contributed by atoms with Crippen LogP contribution in [0.4, 0.5) is 0 Å². The van der Waals surface area contributed by atoms with Gasteiger partial charge in [0.2, 0.25) is 0 Å². The van der Waals surface area contributed by atoms with Gasteiger partial charge in [-0.2, -0.15) is 0 Å². The number of benzene rings is 1. The second kappa shape index (κ2) is 3.67. The summed E-state index contributed by atoms with van der Waals surface area (Å²) in [6.07, 6.45) is 3.83. The van der Waals surface area contributed by atoms with E-state index in [2.05, 4.69) is 21.8 Å². The fourth-order valence-corrected chi connectivity index (χ4v) is 1.15. The molecule has 0 radical (unpaired) electrons. The van der Waals surface area contributed by atoms with Gasteiger partial charge in [0.05, 0.1) is 11.0 Å². The molecule has 0 fully saturated rings. The Morgan fingerprint density at radius 2 is 1.93 bits per heavy atom. The van der Waals surface area contributed by atoms with E-state index in [4.69, 9.17) is 0 Å². The van der Waals surface area contributed by atoms with Crippen molar-refractivity contribution in [2.24, 2.45) is 0 Å². The van der Waals surface area contributed by atoms with Crippen molar-refractivity contribution in [1.29, 1.82) is 0 Å². The molecular formula is C11H6N2O. The van der Waals surface area contributed by atoms with Gasteiger partial charge in [-0.15, -0.1) is 0 Å². The zero-order valence-electron chi connectivity index (χ0n) is 7.27. The summed E-state index contributed by atoms with van der Waals surface area (Å²) in [5.74, 6) is 5.05. The first-order valence-corrected chi connectivity index (χ1v) is 4.06. The van der Waals surface area contributed by atoms with Crippen LogP contribution in [0.3, 0.4) is 0 Å². The molecule has 0 saturated heterocycles. The molecule has 0 aliphatic rings. The molecule has 0 amide bonds. The van der Waals surface area contributed by atoms with Gasteiger partial charge in [-0.3, -0.25) is 14.8 Å². The van der Waals surface area contributed by atoms with E-state index < -0.39 is 0 Å². The van der Waals surface area contributed by atoms with Gasteiger partial charge in [0.15, 0.2) is 6.29 Å². The number of rotatable bonds is 0. The van der Waals surface area contributed by atoms with Crippen LogP contribution in [0, 0.1) is 11.8 Å². The third kappa shape index (κ3) is 1.59. The molecule has 0 unspecified atom stereocenters. The summed E-state index contributed by atoms with van der Waals surface area (Å²) in [4.78, 5) is 18.3. The molecule has 1 aromatic carbocycles. The number of hydrogen-bond donors (Lipinski definition) is 0. The quantitative estimate of drug-likeness (QED) is 0.454. The molecule has 0 bridgehead atoms. The third-order valence-electron chi connectivity index (χ3n) is 1.74. The Labute approximate surface area is 80.8 Å². The van der Waals surface area contributed by atoms with Gasteiger partial charge in [0, 0.05) is 18.0 Å². The van der Waals surface area contributed by atoms with Crippen LogP contribution >= 0.6 is 0 Å². The van der Waals surface area contributed by atoms with Crippen LogP contribution in [0.1, 0.15) is 5.56 Å². The highest BCUT2D eigenvalue weighted by Crippen LogP contribution is 2.09. The summed E-state index contributed by atoms with van der Waals surface area (Å²) >= 11 is 0. The van der Waals surface area contributed by atoms with Crippen LogP contribution in [0.25, 0.3) is 11.0 Å². The highest BCUT2D eigenvalue weighted by molar-refractivity contribution is 5.78. The van der Waals surface area contributed by atoms with Gasteiger partial charge in [-0.05, 0) is 24.1 Å². The average molecular weight is 182 g/mol. The van der Waals surface area contributed by atoms with Crippen LogP contribution in [0.15, 0.2) is 30.6 Å². The summed E-state index contributed by atoms with van der Waals surface area (Å²) in [6, 6.07) is 5.45. The standard InChI is InChI=1S/C11H6N2O/c14-7-1-2-9-3-4-10-11(8-9)13-6-5-12-10/h3-8H. The second-order valence-electron chi connectivity index (χ2n) is 2.65. The molecule has 1 heterocycles. The minimum atomic E-state index is 0.570. The lowest BCUT2D eigenvalue weighted by atomic mass is 10.2. The average Bonchev–Trinajstić information content (AvgIpc) is 2.26. The van der Waals surface area contributed by atoms with E-state index in [0.29, 0.717) is 6.29 Å². The molecule has 0 spiro atoms. The molecule has 2 aromatic rings. The van der Waals surface area contributed by atoms with Crippen molar-refractivity contribution >= 4 is 17.3 Å². The fraction of sp³-hybridized carbons (Fsp3) is 0. The molecule has 0 atom stereocenters. The van der Waals surface area contributed by atoms with Crippen molar-refractivity contribution in [3.63, 3.8) is 0 Å². The highest BCUT2D eigenvalue weighted by atomic mass is 16.1. The normalized spacial score (nSPS) is 9.14. The number of aldehydes is 1. The van der Waals surface area contributed by atoms with Crippen LogP contribution in [0.5, 0.6) is 0 Å². The first-order chi connectivity index (χ1) is 6.90. The van der Waals surface area contributed by atoms with Crippen molar-refractivity contribution in [2.75, 3.05) is 0 Å². The van der Waals surface area contributed by atoms with Crippen molar-refractivity contribution in [1.82, 2.24) is 9.97 Å². The lowest BCUT2D eigenvalue weighted by molar-refractivity contribution is -0.103. The molecule has 0 N–H and O–H groups in total. The van der Waals surface area contributed by atoms with E-state index in [1.165, 1.54) is 0 Å². The molecule has 1 aromatic heterocycles. The molecule has 2 rings (SSSR count). The number of nitrogens with zero attached hydrogens (tertiary/aromatic N) is 2. The number of carbonyl (C=O) groups is 1. The number of fused-ring (bicyclic) bond motifs is 1. The molecule has 3 heteroatoms. The van der Waals surface area contributed by atoms with Gasteiger partial charge in [0.1, 0.15) is 0 Å². The van der Waals surface area contributed by atoms with Gasteiger partial charge in [0.25, 0.3) is 0 Å². The van der Waals surface area contributed by atoms with Crippen molar-refractivity contribution < 1.29 is 4.79 Å². The predicted molar refractivity (Wildman–Crippen MR) is 52.5 cm³/mol. The van der Waals surface area contributed by atoms with Crippen LogP contribution in [0.2, 0.25) is 0 Å². The van der Waals surface area contributed by atoms with Crippen molar-refractivity contribution in [3.05, 3.63) is 36.2 Å². The largest absolute Gasteiger partial charge is 0.289 e. The van der Waals surface area contributed by atoms with E-state index >= 15 is 0 Å². The molecule has 0 aliphatic carbocycles. The van der Waals surface area contributed by atoms with Crippen molar-refractivity contribution in [2.45, 2.75) is 0 Å². The zero-order valence-corrected chi connectivity index (χ0v) is 7.27. The summed E-state index contributed by atoms with van der Waals surface area (Å²) in [7, 11) is 0. The van der Waals surface area contributed by atoms with E-state index in [9.17, 15) is 4.79 Å². The molecule has 66 valence electrons. The summed E-state index contributed by atoms with van der Waals surface area (Å²) in [6.45, 7) is 0. The maximum absolute atomic E-state index is 10.0. The fourth-order valence-electron chi connectivity index (χ4n) is 1.15. The van der Waals surface area contributed by atoms with Crippen LogP contribution in [-0.2, 0) is 4.79 Å². The van der Waals surface area contributed by atoms with Gasteiger partial charge < -0.3 is 0 Å². The summed E-state index contributed by atoms with van der Waals surface area (Å²) in [5, 5.41) is 0. The van der Waals surface area contributed by atoms with Crippen LogP contribution in [-0.4, -0.2) is 16.3 Å². The molecule has 14 heavy (non-hydrogen) atoms. The molecule has 0 saturated carbocycles. The lowest BCUT2D eigenvalue weighted by Gasteiger charge is -1.94. The Balaban J connectivity index is 2.56. The zero-order chi connectivity index (χ0) is 9.80. The first kappa shape index (κ1) is 8.39. The first-order valence-electron chi connectivity index (χ1n) is 4.06. The maximum atomic E-state index is 10.0. The van der Waals surface area contributed by atoms with Gasteiger partial charge in [-0.25, -0.2) is 0 Å². The van der Waals surface area contributed by atoms with Crippen molar-refractivity contribution in [3.8, 4) is 11.8 Å². The molecule has 0 aliphatic heterocycles. The molecular weight excluding hydrogens is 176 g/mol. The monoisotopic (exact) mass is 182 g/mol. The predicted octanol–water partition coefficient (Wildman–Crippen LogP) is 1.18. The smallest absolute Gasteiger partial charge is 0.193 e. The summed E-state index contributed by atoms with van der Waals surface area (Å²) < 4.78 is 0. The number of carbonyl (C=O) groups excluding carboxylic acids is 1. The van der Waals surface area contributed by atoms with Gasteiger partial charge in [-0.1, -0.05) is 5.92 Å². The minimum Gasteiger partial charge on any atom is -0.289 e. The third-order valence-corrected chi connectivity index (χ3v) is 1.74. The minimum absolute atomic E-state index is 0.570. The Bertz CT molecular complexity index is 537. The van der Waals surface area contributed by atoms with E-state index in [0.717, 1.165) is 16.6 Å². The highest BCUT2D eigenvalue weighted by Gasteiger charge is 1.94. The Kier molecular flexibility index (Phi) is 2.20. The SMILES string of the molecule is O=CC#Cc1ccc2nccnc2c1. The molecule has 3 nitrogen and oxygen atoms in total. The van der Waals surface area contributed by atoms with Gasteiger partial charge >= 0.3 is 0 Å². The van der Waals surface area contributed by atoms with E-state index in [1.54, 1.807) is 18.5 Å². The van der Waals surface area contributed by atoms with E-state index in [1.807, 2.05) is 12.1 Å². The topological polar surface area (TPSA) is 42.9 Å². The maximum Gasteiger partial charge on any atom is 0.193 e. The Hall–Kier alpha value is -2.21. The van der Waals surface area contributed by atoms with E-state index in [-0.39, 0.29) is 0 Å².